The Labute approximate surface area is 229 Å². The van der Waals surface area contributed by atoms with Crippen LogP contribution in [0.1, 0.15) is 16.7 Å². The van der Waals surface area contributed by atoms with Crippen LogP contribution in [0.3, 0.4) is 0 Å². The maximum absolute atomic E-state index is 13.5. The lowest BCUT2D eigenvalue weighted by atomic mass is 10.1. The zero-order chi connectivity index (χ0) is 27.5. The molecule has 8 heteroatoms. The first-order valence-corrected chi connectivity index (χ1v) is 12.5. The van der Waals surface area contributed by atoms with E-state index in [0.29, 0.717) is 50.7 Å². The van der Waals surface area contributed by atoms with Crippen LogP contribution in [0.4, 0.5) is 0 Å². The van der Waals surface area contributed by atoms with Crippen LogP contribution in [-0.2, 0) is 6.61 Å². The van der Waals surface area contributed by atoms with E-state index in [9.17, 15) is 10.1 Å². The highest BCUT2D eigenvalue weighted by molar-refractivity contribution is 5.85. The Morgan fingerprint density at radius 1 is 0.975 bits per heavy atom. The average Bonchev–Trinajstić information content (AvgIpc) is 3.44. The van der Waals surface area contributed by atoms with Crippen molar-refractivity contribution in [1.29, 1.82) is 5.26 Å². The molecule has 6 rings (SSSR count). The van der Waals surface area contributed by atoms with Crippen molar-refractivity contribution in [1.82, 2.24) is 9.66 Å². The number of fused-ring (bicyclic) bond motifs is 2. The smallest absolute Gasteiger partial charge is 0.282 e. The van der Waals surface area contributed by atoms with E-state index in [2.05, 4.69) is 11.2 Å². The molecule has 0 N–H and O–H groups in total. The first kappa shape index (κ1) is 24.6. The maximum Gasteiger partial charge on any atom is 0.282 e. The SMILES string of the molecule is COc1cc(C=Nn2c(-c3cc4ccccc4o3)nc3ccccc3c2=O)ccc1OCc1ccccc1C#N. The van der Waals surface area contributed by atoms with Gasteiger partial charge in [0.1, 0.15) is 12.2 Å². The summed E-state index contributed by atoms with van der Waals surface area (Å²) in [5, 5.41) is 15.2. The molecule has 40 heavy (non-hydrogen) atoms. The number of aromatic nitrogens is 2. The van der Waals surface area contributed by atoms with Crippen molar-refractivity contribution in [2.75, 3.05) is 7.11 Å². The molecular formula is C32H22N4O4. The van der Waals surface area contributed by atoms with E-state index in [4.69, 9.17) is 18.9 Å². The third-order valence-electron chi connectivity index (χ3n) is 6.43. The summed E-state index contributed by atoms with van der Waals surface area (Å²) in [5.41, 5.74) is 2.93. The second-order valence-electron chi connectivity index (χ2n) is 8.93. The van der Waals surface area contributed by atoms with Crippen LogP contribution in [0.25, 0.3) is 33.5 Å². The van der Waals surface area contributed by atoms with Crippen LogP contribution in [0.15, 0.2) is 111 Å². The van der Waals surface area contributed by atoms with Gasteiger partial charge in [-0.25, -0.2) is 4.98 Å². The van der Waals surface area contributed by atoms with E-state index >= 15 is 0 Å². The molecule has 0 radical (unpaired) electrons. The van der Waals surface area contributed by atoms with Crippen LogP contribution in [0.2, 0.25) is 0 Å². The van der Waals surface area contributed by atoms with E-state index < -0.39 is 0 Å². The van der Waals surface area contributed by atoms with Gasteiger partial charge in [0.2, 0.25) is 5.82 Å². The lowest BCUT2D eigenvalue weighted by Gasteiger charge is -2.12. The molecule has 0 unspecified atom stereocenters. The summed E-state index contributed by atoms with van der Waals surface area (Å²) >= 11 is 0. The van der Waals surface area contributed by atoms with Crippen LogP contribution in [-0.4, -0.2) is 23.0 Å². The number of ether oxygens (including phenoxy) is 2. The first-order chi connectivity index (χ1) is 19.6. The van der Waals surface area contributed by atoms with Gasteiger partial charge in [0.05, 0.1) is 35.9 Å². The van der Waals surface area contributed by atoms with Gasteiger partial charge >= 0.3 is 0 Å². The minimum absolute atomic E-state index is 0.215. The molecule has 0 aliphatic heterocycles. The molecule has 0 aliphatic carbocycles. The molecule has 0 saturated carbocycles. The number of benzene rings is 4. The molecule has 4 aromatic carbocycles. The fourth-order valence-corrected chi connectivity index (χ4v) is 4.40. The summed E-state index contributed by atoms with van der Waals surface area (Å²) in [6, 6.07) is 31.3. The van der Waals surface area contributed by atoms with Crippen molar-refractivity contribution in [2.45, 2.75) is 6.61 Å². The number of furan rings is 1. The molecule has 0 spiro atoms. The number of para-hydroxylation sites is 2. The van der Waals surface area contributed by atoms with Gasteiger partial charge in [-0.15, -0.1) is 0 Å². The van der Waals surface area contributed by atoms with Crippen LogP contribution >= 0.6 is 0 Å². The number of nitrogens with zero attached hydrogens (tertiary/aromatic N) is 4. The maximum atomic E-state index is 13.5. The van der Waals surface area contributed by atoms with Crippen LogP contribution in [0, 0.1) is 11.3 Å². The Bertz CT molecular complexity index is 1970. The van der Waals surface area contributed by atoms with E-state index in [1.165, 1.54) is 4.68 Å². The third kappa shape index (κ3) is 4.68. The number of hydrogen-bond donors (Lipinski definition) is 0. The number of methoxy groups -OCH3 is 1. The van der Waals surface area contributed by atoms with Gasteiger partial charge in [0.15, 0.2) is 17.3 Å². The topological polar surface area (TPSA) is 103 Å². The van der Waals surface area contributed by atoms with Crippen LogP contribution in [0.5, 0.6) is 11.5 Å². The molecule has 0 aliphatic rings. The number of hydrogen-bond acceptors (Lipinski definition) is 7. The molecule has 0 saturated heterocycles. The van der Waals surface area contributed by atoms with E-state index in [1.807, 2.05) is 54.6 Å². The minimum Gasteiger partial charge on any atom is -0.493 e. The summed E-state index contributed by atoms with van der Waals surface area (Å²) in [7, 11) is 1.55. The van der Waals surface area contributed by atoms with Crippen molar-refractivity contribution in [3.63, 3.8) is 0 Å². The molecule has 2 heterocycles. The molecule has 0 atom stereocenters. The Morgan fingerprint density at radius 3 is 2.62 bits per heavy atom. The Kier molecular flexibility index (Phi) is 6.53. The molecule has 8 nitrogen and oxygen atoms in total. The van der Waals surface area contributed by atoms with E-state index in [1.54, 1.807) is 55.8 Å². The zero-order valence-corrected chi connectivity index (χ0v) is 21.4. The molecular weight excluding hydrogens is 504 g/mol. The summed E-state index contributed by atoms with van der Waals surface area (Å²) < 4.78 is 18.8. The molecule has 0 bridgehead atoms. The van der Waals surface area contributed by atoms with E-state index in [0.717, 1.165) is 10.9 Å². The zero-order valence-electron chi connectivity index (χ0n) is 21.4. The largest absolute Gasteiger partial charge is 0.493 e. The first-order valence-electron chi connectivity index (χ1n) is 12.5. The average molecular weight is 527 g/mol. The second-order valence-corrected chi connectivity index (χ2v) is 8.93. The van der Waals surface area contributed by atoms with Crippen molar-refractivity contribution in [2.24, 2.45) is 5.10 Å². The quantitative estimate of drug-likeness (QED) is 0.231. The van der Waals surface area contributed by atoms with Gasteiger partial charge in [-0.05, 0) is 54.1 Å². The van der Waals surface area contributed by atoms with Crippen molar-refractivity contribution < 1.29 is 13.9 Å². The van der Waals surface area contributed by atoms with Gasteiger partial charge in [0, 0.05) is 10.9 Å². The fourth-order valence-electron chi connectivity index (χ4n) is 4.40. The molecule has 194 valence electrons. The summed E-state index contributed by atoms with van der Waals surface area (Å²) in [5.74, 6) is 1.72. The highest BCUT2D eigenvalue weighted by atomic mass is 16.5. The Hall–Kier alpha value is -5.68. The summed E-state index contributed by atoms with van der Waals surface area (Å²) in [6.07, 6.45) is 1.56. The van der Waals surface area contributed by atoms with Gasteiger partial charge in [-0.3, -0.25) is 4.79 Å². The highest BCUT2D eigenvalue weighted by Gasteiger charge is 2.16. The Morgan fingerprint density at radius 2 is 1.77 bits per heavy atom. The molecule has 0 amide bonds. The lowest BCUT2D eigenvalue weighted by Crippen LogP contribution is -2.20. The monoisotopic (exact) mass is 526 g/mol. The van der Waals surface area contributed by atoms with Crippen molar-refractivity contribution >= 4 is 28.1 Å². The third-order valence-corrected chi connectivity index (χ3v) is 6.43. The molecule has 0 fully saturated rings. The minimum atomic E-state index is -0.319. The standard InChI is InChI=1S/C32H22N4O4/c1-38-29-16-21(14-15-28(29)39-20-24-10-3-2-9-23(24)18-33)19-34-36-31(30-17-22-8-4-7-13-27(22)40-30)35-26-12-6-5-11-25(26)32(36)37/h2-17,19H,20H2,1H3. The van der Waals surface area contributed by atoms with Crippen molar-refractivity contribution in [3.05, 3.63) is 124 Å². The highest BCUT2D eigenvalue weighted by Crippen LogP contribution is 2.30. The van der Waals surface area contributed by atoms with Crippen LogP contribution < -0.4 is 15.0 Å². The summed E-state index contributed by atoms with van der Waals surface area (Å²) in [4.78, 5) is 18.2. The van der Waals surface area contributed by atoms with Gasteiger partial charge in [0.25, 0.3) is 5.56 Å². The molecule has 2 aromatic heterocycles. The normalized spacial score (nSPS) is 11.2. The Balaban J connectivity index is 1.36. The number of rotatable bonds is 7. The van der Waals surface area contributed by atoms with Gasteiger partial charge in [-0.2, -0.15) is 15.0 Å². The van der Waals surface area contributed by atoms with Gasteiger partial charge in [-0.1, -0.05) is 48.5 Å². The lowest BCUT2D eigenvalue weighted by molar-refractivity contribution is 0.284. The predicted octanol–water partition coefficient (Wildman–Crippen LogP) is 6.15. The molecule has 6 aromatic rings. The number of nitriles is 1. The summed E-state index contributed by atoms with van der Waals surface area (Å²) in [6.45, 7) is 0.215. The second kappa shape index (κ2) is 10.6. The van der Waals surface area contributed by atoms with Gasteiger partial charge < -0.3 is 13.9 Å². The fraction of sp³-hybridized carbons (Fsp3) is 0.0625. The van der Waals surface area contributed by atoms with E-state index in [-0.39, 0.29) is 12.2 Å². The van der Waals surface area contributed by atoms with Crippen molar-refractivity contribution in [3.8, 4) is 29.2 Å². The predicted molar refractivity (Wildman–Crippen MR) is 153 cm³/mol.